The largest absolute Gasteiger partial charge is 0.356 e. The zero-order valence-electron chi connectivity index (χ0n) is 11.2. The summed E-state index contributed by atoms with van der Waals surface area (Å²) in [6.45, 7) is 3.26. The molecule has 17 heavy (non-hydrogen) atoms. The van der Waals surface area contributed by atoms with Crippen molar-refractivity contribution in [3.63, 3.8) is 0 Å². The molecule has 98 valence electrons. The van der Waals surface area contributed by atoms with Crippen LogP contribution in [0.3, 0.4) is 0 Å². The van der Waals surface area contributed by atoms with Crippen molar-refractivity contribution in [2.24, 2.45) is 17.8 Å². The van der Waals surface area contributed by atoms with Crippen LogP contribution in [0, 0.1) is 17.8 Å². The monoisotopic (exact) mass is 237 g/mol. The Morgan fingerprint density at radius 3 is 2.35 bits per heavy atom. The van der Waals surface area contributed by atoms with Crippen LogP contribution in [0.4, 0.5) is 0 Å². The Hall–Kier alpha value is -0.530. The lowest BCUT2D eigenvalue weighted by atomic mass is 9.99. The molecule has 2 nitrogen and oxygen atoms in total. The molecule has 0 aromatic heterocycles. The lowest BCUT2D eigenvalue weighted by Gasteiger charge is -2.16. The van der Waals surface area contributed by atoms with Crippen LogP contribution in [-0.4, -0.2) is 12.5 Å². The SMILES string of the molecule is CC1CCC(CNC(=O)C2CCCCCC2)C1. The molecule has 2 rings (SSSR count). The van der Waals surface area contributed by atoms with E-state index in [-0.39, 0.29) is 0 Å². The summed E-state index contributed by atoms with van der Waals surface area (Å²) in [5, 5.41) is 3.20. The van der Waals surface area contributed by atoms with Gasteiger partial charge in [-0.15, -0.1) is 0 Å². The summed E-state index contributed by atoms with van der Waals surface area (Å²) in [5.74, 6) is 2.28. The van der Waals surface area contributed by atoms with E-state index < -0.39 is 0 Å². The second-order valence-corrected chi connectivity index (χ2v) is 6.22. The minimum absolute atomic E-state index is 0.316. The molecule has 0 saturated heterocycles. The molecule has 1 amide bonds. The minimum Gasteiger partial charge on any atom is -0.356 e. The van der Waals surface area contributed by atoms with Crippen LogP contribution in [0.25, 0.3) is 0 Å². The van der Waals surface area contributed by atoms with Crippen LogP contribution in [-0.2, 0) is 4.79 Å². The number of hydrogen-bond acceptors (Lipinski definition) is 1. The Morgan fingerprint density at radius 2 is 1.76 bits per heavy atom. The summed E-state index contributed by atoms with van der Waals surface area (Å²) < 4.78 is 0. The van der Waals surface area contributed by atoms with E-state index in [1.165, 1.54) is 44.9 Å². The van der Waals surface area contributed by atoms with Gasteiger partial charge < -0.3 is 5.32 Å². The van der Waals surface area contributed by atoms with E-state index in [1.807, 2.05) is 0 Å². The Bertz CT molecular complexity index is 243. The highest BCUT2D eigenvalue weighted by Gasteiger charge is 2.24. The van der Waals surface area contributed by atoms with Crippen molar-refractivity contribution in [1.29, 1.82) is 0 Å². The molecule has 0 radical (unpaired) electrons. The van der Waals surface area contributed by atoms with Crippen LogP contribution in [0.5, 0.6) is 0 Å². The first-order valence-corrected chi connectivity index (χ1v) is 7.53. The molecular weight excluding hydrogens is 210 g/mol. The van der Waals surface area contributed by atoms with Gasteiger partial charge in [0.15, 0.2) is 0 Å². The highest BCUT2D eigenvalue weighted by Crippen LogP contribution is 2.30. The molecular formula is C15H27NO. The van der Waals surface area contributed by atoms with Gasteiger partial charge >= 0.3 is 0 Å². The van der Waals surface area contributed by atoms with E-state index in [1.54, 1.807) is 0 Å². The van der Waals surface area contributed by atoms with Gasteiger partial charge in [-0.25, -0.2) is 0 Å². The zero-order valence-corrected chi connectivity index (χ0v) is 11.2. The molecule has 2 fully saturated rings. The average Bonchev–Trinajstić information content (AvgIpc) is 2.58. The Kier molecular flexibility index (Phi) is 4.87. The van der Waals surface area contributed by atoms with E-state index in [9.17, 15) is 4.79 Å². The third-order valence-electron chi connectivity index (χ3n) is 4.59. The molecule has 1 N–H and O–H groups in total. The molecule has 0 bridgehead atoms. The highest BCUT2D eigenvalue weighted by atomic mass is 16.1. The standard InChI is InChI=1S/C15H27NO/c1-12-8-9-13(10-12)11-16-15(17)14-6-4-2-3-5-7-14/h12-14H,2-11H2,1H3,(H,16,17). The molecule has 2 aliphatic carbocycles. The molecule has 2 heteroatoms. The summed E-state index contributed by atoms with van der Waals surface area (Å²) in [7, 11) is 0. The van der Waals surface area contributed by atoms with Gasteiger partial charge in [0.2, 0.25) is 5.91 Å². The number of carbonyl (C=O) groups excluding carboxylic acids is 1. The molecule has 2 saturated carbocycles. The smallest absolute Gasteiger partial charge is 0.223 e. The van der Waals surface area contributed by atoms with Crippen LogP contribution < -0.4 is 5.32 Å². The predicted octanol–water partition coefficient (Wildman–Crippen LogP) is 3.51. The van der Waals surface area contributed by atoms with Crippen LogP contribution in [0.1, 0.15) is 64.7 Å². The molecule has 0 heterocycles. The van der Waals surface area contributed by atoms with Gasteiger partial charge in [0.1, 0.15) is 0 Å². The van der Waals surface area contributed by atoms with Crippen LogP contribution >= 0.6 is 0 Å². The molecule has 0 aromatic carbocycles. The second-order valence-electron chi connectivity index (χ2n) is 6.22. The first kappa shape index (κ1) is 12.9. The van der Waals surface area contributed by atoms with Gasteiger partial charge in [0.05, 0.1) is 0 Å². The van der Waals surface area contributed by atoms with E-state index in [0.717, 1.165) is 31.2 Å². The van der Waals surface area contributed by atoms with Gasteiger partial charge in [-0.2, -0.15) is 0 Å². The van der Waals surface area contributed by atoms with Crippen molar-refractivity contribution in [1.82, 2.24) is 5.32 Å². The number of carbonyl (C=O) groups is 1. The second kappa shape index (κ2) is 6.42. The Labute approximate surface area is 106 Å². The third kappa shape index (κ3) is 4.01. The van der Waals surface area contributed by atoms with Gasteiger partial charge in [0.25, 0.3) is 0 Å². The van der Waals surface area contributed by atoms with E-state index >= 15 is 0 Å². The molecule has 2 atom stereocenters. The molecule has 0 aliphatic heterocycles. The van der Waals surface area contributed by atoms with Crippen molar-refractivity contribution in [2.45, 2.75) is 64.7 Å². The molecule has 0 spiro atoms. The predicted molar refractivity (Wildman–Crippen MR) is 70.7 cm³/mol. The van der Waals surface area contributed by atoms with Crippen LogP contribution in [0.15, 0.2) is 0 Å². The lowest BCUT2D eigenvalue weighted by molar-refractivity contribution is -0.125. The summed E-state index contributed by atoms with van der Waals surface area (Å²) in [6.07, 6.45) is 11.4. The summed E-state index contributed by atoms with van der Waals surface area (Å²) in [5.41, 5.74) is 0. The molecule has 0 aromatic rings. The molecule has 2 aliphatic rings. The fraction of sp³-hybridized carbons (Fsp3) is 0.933. The topological polar surface area (TPSA) is 29.1 Å². The quantitative estimate of drug-likeness (QED) is 0.748. The van der Waals surface area contributed by atoms with Gasteiger partial charge in [-0.3, -0.25) is 4.79 Å². The maximum absolute atomic E-state index is 12.1. The maximum Gasteiger partial charge on any atom is 0.223 e. The zero-order chi connectivity index (χ0) is 12.1. The lowest BCUT2D eigenvalue weighted by Crippen LogP contribution is -2.33. The fourth-order valence-corrected chi connectivity index (χ4v) is 3.44. The first-order valence-electron chi connectivity index (χ1n) is 7.53. The average molecular weight is 237 g/mol. The van der Waals surface area contributed by atoms with Crippen molar-refractivity contribution < 1.29 is 4.79 Å². The Morgan fingerprint density at radius 1 is 1.06 bits per heavy atom. The maximum atomic E-state index is 12.1. The molecule has 2 unspecified atom stereocenters. The van der Waals surface area contributed by atoms with Crippen molar-refractivity contribution >= 4 is 5.91 Å². The van der Waals surface area contributed by atoms with E-state index in [2.05, 4.69) is 12.2 Å². The number of hydrogen-bond donors (Lipinski definition) is 1. The van der Waals surface area contributed by atoms with Gasteiger partial charge in [0, 0.05) is 12.5 Å². The van der Waals surface area contributed by atoms with Gasteiger partial charge in [-0.05, 0) is 37.5 Å². The van der Waals surface area contributed by atoms with Crippen molar-refractivity contribution in [3.05, 3.63) is 0 Å². The minimum atomic E-state index is 0.316. The Balaban J connectivity index is 1.69. The summed E-state index contributed by atoms with van der Waals surface area (Å²) in [6, 6.07) is 0. The number of nitrogens with one attached hydrogen (secondary N) is 1. The van der Waals surface area contributed by atoms with Crippen molar-refractivity contribution in [3.8, 4) is 0 Å². The van der Waals surface area contributed by atoms with Crippen LogP contribution in [0.2, 0.25) is 0 Å². The van der Waals surface area contributed by atoms with Crippen molar-refractivity contribution in [2.75, 3.05) is 6.54 Å². The van der Waals surface area contributed by atoms with E-state index in [0.29, 0.717) is 11.8 Å². The number of rotatable bonds is 3. The third-order valence-corrected chi connectivity index (χ3v) is 4.59. The normalized spacial score (nSPS) is 31.1. The fourth-order valence-electron chi connectivity index (χ4n) is 3.44. The van der Waals surface area contributed by atoms with Gasteiger partial charge in [-0.1, -0.05) is 39.0 Å². The summed E-state index contributed by atoms with van der Waals surface area (Å²) >= 11 is 0. The summed E-state index contributed by atoms with van der Waals surface area (Å²) in [4.78, 5) is 12.1. The number of amides is 1. The first-order chi connectivity index (χ1) is 8.25. The van der Waals surface area contributed by atoms with E-state index in [4.69, 9.17) is 0 Å². The highest BCUT2D eigenvalue weighted by molar-refractivity contribution is 5.78.